The van der Waals surface area contributed by atoms with E-state index in [9.17, 15) is 24.3 Å². The van der Waals surface area contributed by atoms with Crippen molar-refractivity contribution in [3.05, 3.63) is 44.5 Å². The number of aromatic amines is 2. The number of para-hydroxylation sites is 1. The van der Waals surface area contributed by atoms with Crippen molar-refractivity contribution in [2.45, 2.75) is 39.8 Å². The van der Waals surface area contributed by atoms with E-state index in [2.05, 4.69) is 26.1 Å². The quantitative estimate of drug-likeness (QED) is 0.332. The summed E-state index contributed by atoms with van der Waals surface area (Å²) in [4.78, 5) is 51.3. The van der Waals surface area contributed by atoms with E-state index in [0.717, 1.165) is 0 Å². The smallest absolute Gasteiger partial charge is 0.288 e. The first kappa shape index (κ1) is 24.5. The molecule has 2 aromatic rings. The number of benzene rings is 1. The van der Waals surface area contributed by atoms with Gasteiger partial charge in [-0.15, -0.1) is 0 Å². The molecule has 0 saturated heterocycles. The molecule has 0 aliphatic heterocycles. The van der Waals surface area contributed by atoms with Gasteiger partial charge in [0.15, 0.2) is 5.75 Å². The molecule has 0 spiro atoms. The predicted molar refractivity (Wildman–Crippen MR) is 123 cm³/mol. The second-order valence-electron chi connectivity index (χ2n) is 8.21. The van der Waals surface area contributed by atoms with E-state index >= 15 is 0 Å². The third-order valence-electron chi connectivity index (χ3n) is 4.61. The van der Waals surface area contributed by atoms with Crippen LogP contribution in [0.3, 0.4) is 0 Å². The van der Waals surface area contributed by atoms with Crippen LogP contribution in [-0.2, 0) is 4.79 Å². The molecule has 1 aromatic carbocycles. The van der Waals surface area contributed by atoms with Crippen molar-refractivity contribution >= 4 is 28.9 Å². The van der Waals surface area contributed by atoms with Gasteiger partial charge >= 0.3 is 0 Å². The Balaban J connectivity index is 2.52. The normalized spacial score (nSPS) is 11.9. The Kier molecular flexibility index (Phi) is 7.68. The molecule has 0 aliphatic carbocycles. The highest BCUT2D eigenvalue weighted by atomic mass is 16.3. The van der Waals surface area contributed by atoms with Crippen LogP contribution in [-0.4, -0.2) is 58.2 Å². The molecule has 0 fully saturated rings. The lowest BCUT2D eigenvalue weighted by Gasteiger charge is -2.24. The number of nitrogens with zero attached hydrogens (tertiary/aromatic N) is 1. The van der Waals surface area contributed by atoms with Gasteiger partial charge in [-0.2, -0.15) is 0 Å². The molecular formula is C21H30N6O5. The number of hydrogen-bond acceptors (Lipinski definition) is 7. The fourth-order valence-electron chi connectivity index (χ4n) is 2.98. The number of carbonyl (C=O) groups is 2. The molecule has 1 unspecified atom stereocenters. The monoisotopic (exact) mass is 446 g/mol. The summed E-state index contributed by atoms with van der Waals surface area (Å²) in [6, 6.07) is 3.50. The van der Waals surface area contributed by atoms with E-state index in [4.69, 9.17) is 0 Å². The summed E-state index contributed by atoms with van der Waals surface area (Å²) in [5.41, 5.74) is -1.67. The lowest BCUT2D eigenvalue weighted by molar-refractivity contribution is -0.123. The number of nitrogens with one attached hydrogen (secondary N) is 5. The topological polar surface area (TPSA) is 159 Å². The molecule has 32 heavy (non-hydrogen) atoms. The lowest BCUT2D eigenvalue weighted by atomic mass is 10.0. The van der Waals surface area contributed by atoms with E-state index in [1.54, 1.807) is 27.9 Å². The standard InChI is InChI=1S/C21H30N6O5/c1-10(2)14(18(29)22-11(3)4)24-16-15(19(30)25-26-20(16)31)23-13-9-7-8-12(17(13)28)21(32)27(5)6/h7-11,14,28H,1-6H3,(H,22,29)(H2,23,26,31)(H2,24,25,30). The Hall–Kier alpha value is -3.76. The Morgan fingerprint density at radius 3 is 2.12 bits per heavy atom. The highest BCUT2D eigenvalue weighted by Gasteiger charge is 2.26. The molecule has 6 N–H and O–H groups in total. The third-order valence-corrected chi connectivity index (χ3v) is 4.61. The number of aromatic hydroxyl groups is 1. The van der Waals surface area contributed by atoms with Gasteiger partial charge in [-0.25, -0.2) is 0 Å². The zero-order chi connectivity index (χ0) is 24.2. The molecular weight excluding hydrogens is 416 g/mol. The van der Waals surface area contributed by atoms with E-state index in [-0.39, 0.29) is 46.2 Å². The zero-order valence-electron chi connectivity index (χ0n) is 19.0. The van der Waals surface area contributed by atoms with Crippen LogP contribution in [0, 0.1) is 5.92 Å². The molecule has 0 bridgehead atoms. The maximum atomic E-state index is 12.6. The molecule has 11 heteroatoms. The van der Waals surface area contributed by atoms with Crippen molar-refractivity contribution < 1.29 is 14.7 Å². The summed E-state index contributed by atoms with van der Waals surface area (Å²) in [5.74, 6) is -1.36. The van der Waals surface area contributed by atoms with Crippen LogP contribution in [0.5, 0.6) is 5.75 Å². The number of anilines is 3. The Bertz CT molecular complexity index is 1100. The first-order valence-electron chi connectivity index (χ1n) is 10.2. The Morgan fingerprint density at radius 2 is 1.59 bits per heavy atom. The molecule has 1 heterocycles. The van der Waals surface area contributed by atoms with Gasteiger partial charge in [-0.1, -0.05) is 19.9 Å². The number of aromatic nitrogens is 2. The van der Waals surface area contributed by atoms with Crippen LogP contribution in [0.1, 0.15) is 38.1 Å². The number of amides is 2. The van der Waals surface area contributed by atoms with E-state index < -0.39 is 23.1 Å². The third kappa shape index (κ3) is 5.48. The maximum Gasteiger partial charge on any atom is 0.288 e. The first-order chi connectivity index (χ1) is 14.9. The Morgan fingerprint density at radius 1 is 1.00 bits per heavy atom. The number of rotatable bonds is 8. The predicted octanol–water partition coefficient (Wildman–Crippen LogP) is 1.18. The maximum absolute atomic E-state index is 12.6. The number of carbonyl (C=O) groups excluding carboxylic acids is 2. The summed E-state index contributed by atoms with van der Waals surface area (Å²) < 4.78 is 0. The highest BCUT2D eigenvalue weighted by molar-refractivity contribution is 5.99. The average molecular weight is 447 g/mol. The molecule has 1 atom stereocenters. The van der Waals surface area contributed by atoms with Crippen LogP contribution in [0.25, 0.3) is 0 Å². The molecule has 0 saturated carbocycles. The van der Waals surface area contributed by atoms with Crippen LogP contribution in [0.4, 0.5) is 17.1 Å². The van der Waals surface area contributed by atoms with E-state index in [0.29, 0.717) is 0 Å². The second kappa shape index (κ2) is 10.0. The Labute approximate surface area is 185 Å². The van der Waals surface area contributed by atoms with Gasteiger partial charge in [0, 0.05) is 20.1 Å². The largest absolute Gasteiger partial charge is 0.505 e. The number of hydrogen-bond donors (Lipinski definition) is 6. The molecule has 0 radical (unpaired) electrons. The number of phenols is 1. The van der Waals surface area contributed by atoms with Gasteiger partial charge in [0.1, 0.15) is 17.4 Å². The van der Waals surface area contributed by atoms with Crippen molar-refractivity contribution in [3.8, 4) is 5.75 Å². The fraction of sp³-hybridized carbons (Fsp3) is 0.429. The van der Waals surface area contributed by atoms with Gasteiger partial charge < -0.3 is 26.0 Å². The van der Waals surface area contributed by atoms with Crippen LogP contribution < -0.4 is 27.1 Å². The van der Waals surface area contributed by atoms with Crippen LogP contribution >= 0.6 is 0 Å². The van der Waals surface area contributed by atoms with E-state index in [1.165, 1.54) is 23.1 Å². The molecule has 2 rings (SSSR count). The average Bonchev–Trinajstić information content (AvgIpc) is 2.70. The summed E-state index contributed by atoms with van der Waals surface area (Å²) in [6.07, 6.45) is 0. The molecule has 11 nitrogen and oxygen atoms in total. The molecule has 0 aliphatic rings. The van der Waals surface area contributed by atoms with Crippen LogP contribution in [0.2, 0.25) is 0 Å². The summed E-state index contributed by atoms with van der Waals surface area (Å²) in [7, 11) is 3.08. The minimum atomic E-state index is -0.809. The van der Waals surface area contributed by atoms with E-state index in [1.807, 2.05) is 13.8 Å². The number of phenolic OH excluding ortho intramolecular Hbond substituents is 1. The summed E-state index contributed by atoms with van der Waals surface area (Å²) >= 11 is 0. The SMILES string of the molecule is CC(C)NC(=O)C(Nc1c(Nc2cccc(C(=O)N(C)C)c2O)c(=O)[nH][nH]c1=O)C(C)C. The fourth-order valence-corrected chi connectivity index (χ4v) is 2.98. The number of H-pyrrole nitrogens is 2. The summed E-state index contributed by atoms with van der Waals surface area (Å²) in [5, 5.41) is 23.4. The lowest BCUT2D eigenvalue weighted by Crippen LogP contribution is -2.46. The van der Waals surface area contributed by atoms with Gasteiger partial charge in [0.2, 0.25) is 5.91 Å². The van der Waals surface area contributed by atoms with Gasteiger partial charge in [0.05, 0.1) is 11.3 Å². The first-order valence-corrected chi connectivity index (χ1v) is 10.2. The minimum Gasteiger partial charge on any atom is -0.505 e. The molecule has 174 valence electrons. The minimum absolute atomic E-state index is 0.0205. The van der Waals surface area contributed by atoms with Crippen molar-refractivity contribution in [2.75, 3.05) is 24.7 Å². The zero-order valence-corrected chi connectivity index (χ0v) is 19.0. The highest BCUT2D eigenvalue weighted by Crippen LogP contribution is 2.31. The van der Waals surface area contributed by atoms with Gasteiger partial charge in [-0.05, 0) is 31.9 Å². The van der Waals surface area contributed by atoms with Crippen molar-refractivity contribution in [3.63, 3.8) is 0 Å². The van der Waals surface area contributed by atoms with Crippen molar-refractivity contribution in [2.24, 2.45) is 5.92 Å². The van der Waals surface area contributed by atoms with Crippen molar-refractivity contribution in [1.82, 2.24) is 20.4 Å². The summed E-state index contributed by atoms with van der Waals surface area (Å²) in [6.45, 7) is 7.22. The van der Waals surface area contributed by atoms with Gasteiger partial charge in [-0.3, -0.25) is 29.4 Å². The van der Waals surface area contributed by atoms with Crippen molar-refractivity contribution in [1.29, 1.82) is 0 Å². The molecule has 1 aromatic heterocycles. The molecule has 2 amide bonds. The van der Waals surface area contributed by atoms with Gasteiger partial charge in [0.25, 0.3) is 17.0 Å². The van der Waals surface area contributed by atoms with Crippen LogP contribution in [0.15, 0.2) is 27.8 Å². The second-order valence-corrected chi connectivity index (χ2v) is 8.21.